The van der Waals surface area contributed by atoms with Gasteiger partial charge in [0.05, 0.1) is 12.8 Å². The van der Waals surface area contributed by atoms with E-state index in [1.807, 2.05) is 18.2 Å². The molecule has 0 amide bonds. The summed E-state index contributed by atoms with van der Waals surface area (Å²) >= 11 is 1.66. The van der Waals surface area contributed by atoms with E-state index >= 15 is 0 Å². The first kappa shape index (κ1) is 16.5. The zero-order valence-electron chi connectivity index (χ0n) is 14.1. The van der Waals surface area contributed by atoms with Crippen molar-refractivity contribution in [1.82, 2.24) is 20.2 Å². The molecule has 3 rings (SSSR count). The van der Waals surface area contributed by atoms with Crippen LogP contribution < -0.4 is 4.74 Å². The van der Waals surface area contributed by atoms with Crippen molar-refractivity contribution in [2.24, 2.45) is 0 Å². The Balaban J connectivity index is 1.66. The molecule has 24 heavy (non-hydrogen) atoms. The molecule has 0 fully saturated rings. The lowest BCUT2D eigenvalue weighted by Crippen LogP contribution is -2.01. The van der Waals surface area contributed by atoms with Crippen LogP contribution in [-0.4, -0.2) is 33.1 Å². The number of aryl methyl sites for hydroxylation is 3. The maximum absolute atomic E-state index is 5.18. The number of hydrogen-bond donors (Lipinski definition) is 0. The van der Waals surface area contributed by atoms with Crippen LogP contribution in [0, 0.1) is 13.8 Å². The van der Waals surface area contributed by atoms with Gasteiger partial charge >= 0.3 is 0 Å². The Morgan fingerprint density at radius 3 is 2.54 bits per heavy atom. The summed E-state index contributed by atoms with van der Waals surface area (Å²) in [6.07, 6.45) is 0.953. The SMILES string of the molecule is COc1ccc(CCSc2nnnn2-c2ccc(C)c(C)c2)cc1. The fourth-order valence-corrected chi connectivity index (χ4v) is 3.22. The Hall–Kier alpha value is -2.34. The fraction of sp³-hybridized carbons (Fsp3) is 0.278. The molecule has 124 valence electrons. The third kappa shape index (κ3) is 3.76. The Kier molecular flexibility index (Phi) is 5.15. The van der Waals surface area contributed by atoms with E-state index in [-0.39, 0.29) is 0 Å². The van der Waals surface area contributed by atoms with Gasteiger partial charge in [-0.05, 0) is 71.7 Å². The summed E-state index contributed by atoms with van der Waals surface area (Å²) in [6, 6.07) is 14.4. The summed E-state index contributed by atoms with van der Waals surface area (Å²) in [5, 5.41) is 12.9. The Bertz CT molecular complexity index is 814. The third-order valence-corrected chi connectivity index (χ3v) is 4.88. The Morgan fingerprint density at radius 2 is 1.83 bits per heavy atom. The number of thioether (sulfide) groups is 1. The minimum Gasteiger partial charge on any atom is -0.497 e. The highest BCUT2D eigenvalue weighted by atomic mass is 32.2. The van der Waals surface area contributed by atoms with Crippen LogP contribution in [0.4, 0.5) is 0 Å². The predicted octanol–water partition coefficient (Wildman–Crippen LogP) is 3.62. The summed E-state index contributed by atoms with van der Waals surface area (Å²) in [4.78, 5) is 0. The van der Waals surface area contributed by atoms with Gasteiger partial charge < -0.3 is 4.74 Å². The average molecular weight is 340 g/mol. The van der Waals surface area contributed by atoms with Gasteiger partial charge in [-0.15, -0.1) is 5.10 Å². The molecule has 5 nitrogen and oxygen atoms in total. The van der Waals surface area contributed by atoms with E-state index in [1.165, 1.54) is 16.7 Å². The van der Waals surface area contributed by atoms with Gasteiger partial charge in [-0.2, -0.15) is 4.68 Å². The summed E-state index contributed by atoms with van der Waals surface area (Å²) in [6.45, 7) is 4.20. The van der Waals surface area contributed by atoms with Crippen molar-refractivity contribution >= 4 is 11.8 Å². The van der Waals surface area contributed by atoms with Crippen molar-refractivity contribution in [1.29, 1.82) is 0 Å². The maximum atomic E-state index is 5.18. The molecule has 0 saturated heterocycles. The normalized spacial score (nSPS) is 10.8. The molecule has 0 aliphatic rings. The van der Waals surface area contributed by atoms with Crippen molar-refractivity contribution in [2.75, 3.05) is 12.9 Å². The predicted molar refractivity (Wildman–Crippen MR) is 96.1 cm³/mol. The second-order valence-electron chi connectivity index (χ2n) is 5.59. The van der Waals surface area contributed by atoms with Crippen molar-refractivity contribution in [3.05, 3.63) is 59.2 Å². The van der Waals surface area contributed by atoms with Crippen molar-refractivity contribution in [3.63, 3.8) is 0 Å². The van der Waals surface area contributed by atoms with Crippen LogP contribution in [0.25, 0.3) is 5.69 Å². The van der Waals surface area contributed by atoms with Crippen LogP contribution in [0.2, 0.25) is 0 Å². The van der Waals surface area contributed by atoms with Crippen molar-refractivity contribution in [2.45, 2.75) is 25.4 Å². The summed E-state index contributed by atoms with van der Waals surface area (Å²) < 4.78 is 6.98. The highest BCUT2D eigenvalue weighted by molar-refractivity contribution is 7.99. The molecule has 0 N–H and O–H groups in total. The highest BCUT2D eigenvalue weighted by Gasteiger charge is 2.09. The first-order valence-corrected chi connectivity index (χ1v) is 8.77. The van der Waals surface area contributed by atoms with Gasteiger partial charge in [0.15, 0.2) is 0 Å². The highest BCUT2D eigenvalue weighted by Crippen LogP contribution is 2.21. The number of nitrogens with zero attached hydrogens (tertiary/aromatic N) is 4. The number of aromatic nitrogens is 4. The van der Waals surface area contributed by atoms with Gasteiger partial charge in [0.25, 0.3) is 0 Å². The van der Waals surface area contributed by atoms with Gasteiger partial charge in [-0.1, -0.05) is 30.0 Å². The Morgan fingerprint density at radius 1 is 1.04 bits per heavy atom. The second-order valence-corrected chi connectivity index (χ2v) is 6.65. The molecule has 1 heterocycles. The molecule has 0 radical (unpaired) electrons. The number of methoxy groups -OCH3 is 1. The number of benzene rings is 2. The van der Waals surface area contributed by atoms with Crippen LogP contribution in [0.5, 0.6) is 5.75 Å². The van der Waals surface area contributed by atoms with E-state index in [0.29, 0.717) is 0 Å². The molecule has 1 aromatic heterocycles. The zero-order chi connectivity index (χ0) is 16.9. The van der Waals surface area contributed by atoms with E-state index in [0.717, 1.165) is 28.8 Å². The quantitative estimate of drug-likeness (QED) is 0.642. The Labute approximate surface area is 146 Å². The van der Waals surface area contributed by atoms with Crippen LogP contribution in [0.3, 0.4) is 0 Å². The molecule has 0 spiro atoms. The molecular formula is C18H20N4OS. The molecule has 2 aromatic carbocycles. The molecule has 0 unspecified atom stereocenters. The molecule has 3 aromatic rings. The molecule has 0 aliphatic carbocycles. The van der Waals surface area contributed by atoms with Gasteiger partial charge in [-0.25, -0.2) is 0 Å². The van der Waals surface area contributed by atoms with E-state index in [1.54, 1.807) is 23.6 Å². The van der Waals surface area contributed by atoms with Gasteiger partial charge in [-0.3, -0.25) is 0 Å². The van der Waals surface area contributed by atoms with Crippen LogP contribution >= 0.6 is 11.8 Å². The monoisotopic (exact) mass is 340 g/mol. The standard InChI is InChI=1S/C18H20N4OS/c1-13-4-7-16(12-14(13)2)22-18(19-20-21-22)24-11-10-15-5-8-17(23-3)9-6-15/h4-9,12H,10-11H2,1-3H3. The molecular weight excluding hydrogens is 320 g/mol. The number of hydrogen-bond acceptors (Lipinski definition) is 5. The van der Waals surface area contributed by atoms with Gasteiger partial charge in [0, 0.05) is 5.75 Å². The molecule has 6 heteroatoms. The first-order chi connectivity index (χ1) is 11.7. The largest absolute Gasteiger partial charge is 0.497 e. The molecule has 0 atom stereocenters. The summed E-state index contributed by atoms with van der Waals surface area (Å²) in [5.74, 6) is 1.79. The van der Waals surface area contributed by atoms with Gasteiger partial charge in [0.2, 0.25) is 5.16 Å². The number of rotatable bonds is 6. The number of tetrazole rings is 1. The van der Waals surface area contributed by atoms with Crippen LogP contribution in [-0.2, 0) is 6.42 Å². The van der Waals surface area contributed by atoms with Crippen molar-refractivity contribution in [3.8, 4) is 11.4 Å². The lowest BCUT2D eigenvalue weighted by Gasteiger charge is -2.07. The first-order valence-electron chi connectivity index (χ1n) is 7.79. The average Bonchev–Trinajstić information content (AvgIpc) is 3.06. The van der Waals surface area contributed by atoms with E-state index in [9.17, 15) is 0 Å². The summed E-state index contributed by atoms with van der Waals surface area (Å²) in [5.41, 5.74) is 4.77. The zero-order valence-corrected chi connectivity index (χ0v) is 14.9. The lowest BCUT2D eigenvalue weighted by atomic mass is 10.1. The third-order valence-electron chi connectivity index (χ3n) is 3.96. The van der Waals surface area contributed by atoms with Gasteiger partial charge in [0.1, 0.15) is 5.75 Å². The smallest absolute Gasteiger partial charge is 0.214 e. The minimum atomic E-state index is 0.812. The summed E-state index contributed by atoms with van der Waals surface area (Å²) in [7, 11) is 1.68. The van der Waals surface area contributed by atoms with Crippen LogP contribution in [0.1, 0.15) is 16.7 Å². The molecule has 0 bridgehead atoms. The van der Waals surface area contributed by atoms with E-state index in [2.05, 4.69) is 53.6 Å². The minimum absolute atomic E-state index is 0.812. The van der Waals surface area contributed by atoms with Crippen LogP contribution in [0.15, 0.2) is 47.6 Å². The molecule has 0 saturated carbocycles. The lowest BCUT2D eigenvalue weighted by molar-refractivity contribution is 0.414. The number of ether oxygens (including phenoxy) is 1. The maximum Gasteiger partial charge on any atom is 0.214 e. The topological polar surface area (TPSA) is 52.8 Å². The van der Waals surface area contributed by atoms with E-state index in [4.69, 9.17) is 4.74 Å². The second kappa shape index (κ2) is 7.49. The fourth-order valence-electron chi connectivity index (χ4n) is 2.34. The van der Waals surface area contributed by atoms with E-state index < -0.39 is 0 Å². The van der Waals surface area contributed by atoms with Crippen molar-refractivity contribution < 1.29 is 4.74 Å². The molecule has 0 aliphatic heterocycles.